The molecule has 0 unspecified atom stereocenters. The van der Waals surface area contributed by atoms with Crippen molar-refractivity contribution < 1.29 is 9.53 Å². The lowest BCUT2D eigenvalue weighted by Gasteiger charge is -2.28. The molecule has 6 nitrogen and oxygen atoms in total. The van der Waals surface area contributed by atoms with Gasteiger partial charge in [-0.05, 0) is 61.9 Å². The standard InChI is InChI=1S/C21H24N4O2/c26-21(23-20-8-3-11-22-24-20)25-12-9-16(10-13-25)14-17-4-1-7-19(15-17)27-18-5-2-6-18/h1,3-4,7-8,11,14-15,18H,2,5-6,9-10,12-13H2,(H,23,24,26). The first kappa shape index (κ1) is 17.5. The number of carbonyl (C=O) groups is 1. The van der Waals surface area contributed by atoms with E-state index in [1.54, 1.807) is 18.3 Å². The number of ether oxygens (including phenoxy) is 1. The fourth-order valence-electron chi connectivity index (χ4n) is 3.29. The van der Waals surface area contributed by atoms with Crippen LogP contribution in [0.15, 0.2) is 48.2 Å². The minimum absolute atomic E-state index is 0.120. The molecule has 0 spiro atoms. The maximum Gasteiger partial charge on any atom is 0.323 e. The van der Waals surface area contributed by atoms with Crippen LogP contribution >= 0.6 is 0 Å². The van der Waals surface area contributed by atoms with E-state index in [0.29, 0.717) is 25.0 Å². The molecule has 0 radical (unpaired) electrons. The smallest absolute Gasteiger partial charge is 0.323 e. The van der Waals surface area contributed by atoms with E-state index in [0.717, 1.165) is 31.4 Å². The minimum Gasteiger partial charge on any atom is -0.490 e. The zero-order valence-electron chi connectivity index (χ0n) is 15.3. The number of amides is 2. The van der Waals surface area contributed by atoms with Gasteiger partial charge in [0.25, 0.3) is 0 Å². The Bertz CT molecular complexity index is 808. The lowest BCUT2D eigenvalue weighted by Crippen LogP contribution is -2.39. The molecule has 2 amide bonds. The highest BCUT2D eigenvalue weighted by Crippen LogP contribution is 2.27. The highest BCUT2D eigenvalue weighted by atomic mass is 16.5. The first-order valence-corrected chi connectivity index (χ1v) is 9.56. The first-order valence-electron chi connectivity index (χ1n) is 9.56. The molecule has 2 fully saturated rings. The zero-order chi connectivity index (χ0) is 18.5. The van der Waals surface area contributed by atoms with Crippen LogP contribution in [0.4, 0.5) is 10.6 Å². The van der Waals surface area contributed by atoms with Crippen molar-refractivity contribution in [2.24, 2.45) is 0 Å². The lowest BCUT2D eigenvalue weighted by atomic mass is 9.96. The van der Waals surface area contributed by atoms with Crippen LogP contribution in [0.1, 0.15) is 37.7 Å². The minimum atomic E-state index is -0.120. The van der Waals surface area contributed by atoms with Crippen molar-refractivity contribution in [2.75, 3.05) is 18.4 Å². The fraction of sp³-hybridized carbons (Fsp3) is 0.381. The summed E-state index contributed by atoms with van der Waals surface area (Å²) in [6.45, 7) is 1.41. The van der Waals surface area contributed by atoms with Gasteiger partial charge in [-0.2, -0.15) is 5.10 Å². The van der Waals surface area contributed by atoms with Crippen LogP contribution in [0.25, 0.3) is 6.08 Å². The van der Waals surface area contributed by atoms with Gasteiger partial charge in [-0.3, -0.25) is 5.32 Å². The summed E-state index contributed by atoms with van der Waals surface area (Å²) in [6.07, 6.45) is 9.56. The average molecular weight is 364 g/mol. The third kappa shape index (κ3) is 4.64. The summed E-state index contributed by atoms with van der Waals surface area (Å²) in [5.41, 5.74) is 2.53. The van der Waals surface area contributed by atoms with Gasteiger partial charge in [0.05, 0.1) is 6.10 Å². The Morgan fingerprint density at radius 2 is 2.04 bits per heavy atom. The van der Waals surface area contributed by atoms with Gasteiger partial charge >= 0.3 is 6.03 Å². The highest BCUT2D eigenvalue weighted by molar-refractivity contribution is 5.88. The summed E-state index contributed by atoms with van der Waals surface area (Å²) < 4.78 is 5.98. The largest absolute Gasteiger partial charge is 0.490 e. The second-order valence-corrected chi connectivity index (χ2v) is 7.07. The third-order valence-electron chi connectivity index (χ3n) is 5.08. The Morgan fingerprint density at radius 3 is 2.74 bits per heavy atom. The van der Waals surface area contributed by atoms with E-state index in [9.17, 15) is 4.79 Å². The lowest BCUT2D eigenvalue weighted by molar-refractivity contribution is 0.120. The van der Waals surface area contributed by atoms with Gasteiger partial charge in [0.2, 0.25) is 0 Å². The number of aromatic nitrogens is 2. The van der Waals surface area contributed by atoms with Gasteiger partial charge in [-0.25, -0.2) is 4.79 Å². The van der Waals surface area contributed by atoms with E-state index in [4.69, 9.17) is 4.74 Å². The maximum absolute atomic E-state index is 12.3. The average Bonchev–Trinajstić information content (AvgIpc) is 2.66. The third-order valence-corrected chi connectivity index (χ3v) is 5.08. The number of hydrogen-bond donors (Lipinski definition) is 1. The molecule has 140 valence electrons. The molecule has 0 bridgehead atoms. The van der Waals surface area contributed by atoms with Gasteiger partial charge in [0.1, 0.15) is 5.75 Å². The molecule has 2 aromatic rings. The van der Waals surface area contributed by atoms with Crippen molar-refractivity contribution in [1.82, 2.24) is 15.1 Å². The Morgan fingerprint density at radius 1 is 1.19 bits per heavy atom. The van der Waals surface area contributed by atoms with E-state index in [1.165, 1.54) is 17.6 Å². The van der Waals surface area contributed by atoms with Crippen molar-refractivity contribution in [3.05, 3.63) is 53.7 Å². The van der Waals surface area contributed by atoms with Gasteiger partial charge in [0.15, 0.2) is 5.82 Å². The predicted molar refractivity (Wildman–Crippen MR) is 105 cm³/mol. The van der Waals surface area contributed by atoms with Crippen LogP contribution in [0, 0.1) is 0 Å². The van der Waals surface area contributed by atoms with E-state index < -0.39 is 0 Å². The van der Waals surface area contributed by atoms with Crippen molar-refractivity contribution >= 4 is 17.9 Å². The molecule has 1 aliphatic carbocycles. The second kappa shape index (κ2) is 8.20. The SMILES string of the molecule is O=C(Nc1cccnn1)N1CCC(=Cc2cccc(OC3CCC3)c2)CC1. The van der Waals surface area contributed by atoms with E-state index >= 15 is 0 Å². The number of urea groups is 1. The number of likely N-dealkylation sites (tertiary alicyclic amines) is 1. The van der Waals surface area contributed by atoms with E-state index in [1.807, 2.05) is 17.0 Å². The molecule has 1 aromatic heterocycles. The van der Waals surface area contributed by atoms with E-state index in [2.05, 4.69) is 33.7 Å². The number of rotatable bonds is 4. The van der Waals surface area contributed by atoms with Crippen LogP contribution in [0.3, 0.4) is 0 Å². The number of benzene rings is 1. The highest BCUT2D eigenvalue weighted by Gasteiger charge is 2.20. The number of piperidine rings is 1. The number of anilines is 1. The van der Waals surface area contributed by atoms with Crippen LogP contribution in [-0.2, 0) is 0 Å². The van der Waals surface area contributed by atoms with Crippen LogP contribution in [-0.4, -0.2) is 40.3 Å². The predicted octanol–water partition coefficient (Wildman–Crippen LogP) is 4.12. The van der Waals surface area contributed by atoms with Crippen LogP contribution < -0.4 is 10.1 Å². The fourth-order valence-corrected chi connectivity index (χ4v) is 3.29. The maximum atomic E-state index is 12.3. The summed E-state index contributed by atoms with van der Waals surface area (Å²) in [6, 6.07) is 11.7. The molecule has 1 saturated carbocycles. The van der Waals surface area contributed by atoms with Crippen molar-refractivity contribution in [1.29, 1.82) is 0 Å². The molecule has 6 heteroatoms. The quantitative estimate of drug-likeness (QED) is 0.886. The summed E-state index contributed by atoms with van der Waals surface area (Å²) in [4.78, 5) is 14.1. The summed E-state index contributed by atoms with van der Waals surface area (Å²) in [5.74, 6) is 1.43. The monoisotopic (exact) mass is 364 g/mol. The molecule has 2 aliphatic rings. The molecule has 1 aromatic carbocycles. The topological polar surface area (TPSA) is 67.4 Å². The number of nitrogens with one attached hydrogen (secondary N) is 1. The molecule has 2 heterocycles. The summed E-state index contributed by atoms with van der Waals surface area (Å²) in [5, 5.41) is 10.5. The Labute approximate surface area is 159 Å². The number of carbonyl (C=O) groups excluding carboxylic acids is 1. The number of hydrogen-bond acceptors (Lipinski definition) is 4. The summed E-state index contributed by atoms with van der Waals surface area (Å²) >= 11 is 0. The summed E-state index contributed by atoms with van der Waals surface area (Å²) in [7, 11) is 0. The Kier molecular flexibility index (Phi) is 5.32. The van der Waals surface area contributed by atoms with Crippen molar-refractivity contribution in [2.45, 2.75) is 38.2 Å². The molecule has 4 rings (SSSR count). The molecule has 1 aliphatic heterocycles. The first-order chi connectivity index (χ1) is 13.3. The zero-order valence-corrected chi connectivity index (χ0v) is 15.3. The van der Waals surface area contributed by atoms with Crippen LogP contribution in [0.2, 0.25) is 0 Å². The normalized spacial score (nSPS) is 17.2. The molecular formula is C21H24N4O2. The molecule has 0 atom stereocenters. The van der Waals surface area contributed by atoms with Gasteiger partial charge < -0.3 is 9.64 Å². The van der Waals surface area contributed by atoms with Gasteiger partial charge in [0, 0.05) is 19.3 Å². The Hall–Kier alpha value is -2.89. The Balaban J connectivity index is 1.32. The van der Waals surface area contributed by atoms with Gasteiger partial charge in [-0.1, -0.05) is 23.8 Å². The van der Waals surface area contributed by atoms with Crippen molar-refractivity contribution in [3.63, 3.8) is 0 Å². The van der Waals surface area contributed by atoms with E-state index in [-0.39, 0.29) is 6.03 Å². The molecule has 27 heavy (non-hydrogen) atoms. The molecule has 1 N–H and O–H groups in total. The second-order valence-electron chi connectivity index (χ2n) is 7.07. The molecular weight excluding hydrogens is 340 g/mol. The van der Waals surface area contributed by atoms with Crippen LogP contribution in [0.5, 0.6) is 5.75 Å². The number of nitrogens with zero attached hydrogens (tertiary/aromatic N) is 3. The van der Waals surface area contributed by atoms with Gasteiger partial charge in [-0.15, -0.1) is 5.10 Å². The molecule has 1 saturated heterocycles. The van der Waals surface area contributed by atoms with Crippen molar-refractivity contribution in [3.8, 4) is 5.75 Å².